The van der Waals surface area contributed by atoms with Crippen LogP contribution < -0.4 is 10.6 Å². The van der Waals surface area contributed by atoms with Crippen molar-refractivity contribution in [3.8, 4) is 0 Å². The predicted octanol–water partition coefficient (Wildman–Crippen LogP) is 0.653. The van der Waals surface area contributed by atoms with Crippen LogP contribution in [0, 0.1) is 11.8 Å². The monoisotopic (exact) mass is 240 g/mol. The lowest BCUT2D eigenvalue weighted by Crippen LogP contribution is -2.48. The summed E-state index contributed by atoms with van der Waals surface area (Å²) < 4.78 is 0. The molecular weight excluding hydrogens is 216 g/mol. The zero-order valence-corrected chi connectivity index (χ0v) is 10.5. The van der Waals surface area contributed by atoms with Crippen molar-refractivity contribution in [3.63, 3.8) is 0 Å². The highest BCUT2D eigenvalue weighted by Gasteiger charge is 2.28. The molecule has 0 radical (unpaired) electrons. The molecule has 1 amide bonds. The van der Waals surface area contributed by atoms with Crippen molar-refractivity contribution in [2.75, 3.05) is 19.7 Å². The maximum atomic E-state index is 12.1. The van der Waals surface area contributed by atoms with Gasteiger partial charge in [0.25, 0.3) is 0 Å². The Kier molecular flexibility index (Phi) is 4.80. The van der Waals surface area contributed by atoms with Gasteiger partial charge in [-0.25, -0.2) is 0 Å². The number of aliphatic hydroxyl groups is 1. The van der Waals surface area contributed by atoms with Crippen LogP contribution in [0.25, 0.3) is 0 Å². The fourth-order valence-electron chi connectivity index (χ4n) is 2.99. The lowest BCUT2D eigenvalue weighted by Gasteiger charge is -2.32. The molecule has 0 spiro atoms. The van der Waals surface area contributed by atoms with E-state index in [-0.39, 0.29) is 30.4 Å². The van der Waals surface area contributed by atoms with E-state index >= 15 is 0 Å². The highest BCUT2D eigenvalue weighted by atomic mass is 16.3. The summed E-state index contributed by atoms with van der Waals surface area (Å²) >= 11 is 0. The zero-order valence-electron chi connectivity index (χ0n) is 10.5. The van der Waals surface area contributed by atoms with E-state index in [0.717, 1.165) is 38.8 Å². The number of carbonyl (C=O) groups is 1. The first-order valence-electron chi connectivity index (χ1n) is 6.93. The lowest BCUT2D eigenvalue weighted by atomic mass is 9.84. The number of hydrogen-bond donors (Lipinski definition) is 3. The molecule has 1 aliphatic carbocycles. The zero-order chi connectivity index (χ0) is 12.1. The number of piperidine rings is 1. The van der Waals surface area contributed by atoms with Gasteiger partial charge in [-0.3, -0.25) is 4.79 Å². The molecule has 2 rings (SSSR count). The third-order valence-electron chi connectivity index (χ3n) is 4.14. The third-order valence-corrected chi connectivity index (χ3v) is 4.14. The van der Waals surface area contributed by atoms with Gasteiger partial charge in [0.2, 0.25) is 5.91 Å². The molecule has 1 heterocycles. The lowest BCUT2D eigenvalue weighted by molar-refractivity contribution is -0.127. The number of carbonyl (C=O) groups excluding carboxylic acids is 1. The first-order chi connectivity index (χ1) is 8.31. The molecule has 1 saturated carbocycles. The van der Waals surface area contributed by atoms with Crippen molar-refractivity contribution in [1.29, 1.82) is 0 Å². The Morgan fingerprint density at radius 1 is 1.24 bits per heavy atom. The molecule has 1 saturated heterocycles. The average Bonchev–Trinajstić information content (AvgIpc) is 2.40. The SMILES string of the molecule is O=C(NC1CCCCC1CO)[C@H]1CCCNC1. The predicted molar refractivity (Wildman–Crippen MR) is 66.6 cm³/mol. The van der Waals surface area contributed by atoms with Gasteiger partial charge in [-0.2, -0.15) is 0 Å². The van der Waals surface area contributed by atoms with Crippen LogP contribution in [0.3, 0.4) is 0 Å². The normalized spacial score (nSPS) is 34.3. The van der Waals surface area contributed by atoms with Crippen molar-refractivity contribution in [2.45, 2.75) is 44.6 Å². The highest BCUT2D eigenvalue weighted by molar-refractivity contribution is 5.79. The number of amides is 1. The van der Waals surface area contributed by atoms with Crippen molar-refractivity contribution in [1.82, 2.24) is 10.6 Å². The van der Waals surface area contributed by atoms with E-state index in [2.05, 4.69) is 10.6 Å². The summed E-state index contributed by atoms with van der Waals surface area (Å²) in [7, 11) is 0. The fourth-order valence-corrected chi connectivity index (χ4v) is 2.99. The topological polar surface area (TPSA) is 61.4 Å². The van der Waals surface area contributed by atoms with E-state index in [1.807, 2.05) is 0 Å². The Morgan fingerprint density at radius 2 is 2.06 bits per heavy atom. The van der Waals surface area contributed by atoms with E-state index in [0.29, 0.717) is 0 Å². The average molecular weight is 240 g/mol. The van der Waals surface area contributed by atoms with Gasteiger partial charge in [-0.05, 0) is 32.2 Å². The molecule has 4 nitrogen and oxygen atoms in total. The summed E-state index contributed by atoms with van der Waals surface area (Å²) in [5.74, 6) is 0.580. The van der Waals surface area contributed by atoms with E-state index in [1.165, 1.54) is 12.8 Å². The molecule has 0 bridgehead atoms. The van der Waals surface area contributed by atoms with E-state index in [9.17, 15) is 9.90 Å². The molecule has 2 aliphatic rings. The molecule has 0 aromatic rings. The van der Waals surface area contributed by atoms with Crippen molar-refractivity contribution >= 4 is 5.91 Å². The maximum Gasteiger partial charge on any atom is 0.224 e. The number of nitrogens with one attached hydrogen (secondary N) is 2. The first kappa shape index (κ1) is 12.8. The molecule has 4 heteroatoms. The fraction of sp³-hybridized carbons (Fsp3) is 0.923. The third kappa shape index (κ3) is 3.42. The van der Waals surface area contributed by atoms with Crippen molar-refractivity contribution in [3.05, 3.63) is 0 Å². The van der Waals surface area contributed by atoms with E-state index in [1.54, 1.807) is 0 Å². The maximum absolute atomic E-state index is 12.1. The van der Waals surface area contributed by atoms with Crippen LogP contribution in [0.15, 0.2) is 0 Å². The van der Waals surface area contributed by atoms with Gasteiger partial charge >= 0.3 is 0 Å². The highest BCUT2D eigenvalue weighted by Crippen LogP contribution is 2.24. The minimum absolute atomic E-state index is 0.130. The summed E-state index contributed by atoms with van der Waals surface area (Å²) in [6, 6.07) is 0.197. The second-order valence-electron chi connectivity index (χ2n) is 5.39. The van der Waals surface area contributed by atoms with Gasteiger partial charge in [-0.1, -0.05) is 12.8 Å². The van der Waals surface area contributed by atoms with Gasteiger partial charge in [-0.15, -0.1) is 0 Å². The van der Waals surface area contributed by atoms with Gasteiger partial charge in [0, 0.05) is 25.1 Å². The Morgan fingerprint density at radius 3 is 2.76 bits per heavy atom. The second kappa shape index (κ2) is 6.36. The number of aliphatic hydroxyl groups excluding tert-OH is 1. The first-order valence-corrected chi connectivity index (χ1v) is 6.93. The molecule has 3 atom stereocenters. The molecule has 2 unspecified atom stereocenters. The molecule has 2 fully saturated rings. The quantitative estimate of drug-likeness (QED) is 0.679. The van der Waals surface area contributed by atoms with Crippen LogP contribution >= 0.6 is 0 Å². The largest absolute Gasteiger partial charge is 0.396 e. The van der Waals surface area contributed by atoms with Crippen molar-refractivity contribution in [2.24, 2.45) is 11.8 Å². The van der Waals surface area contributed by atoms with Crippen LogP contribution in [0.2, 0.25) is 0 Å². The van der Waals surface area contributed by atoms with Crippen LogP contribution in [0.4, 0.5) is 0 Å². The summed E-state index contributed by atoms with van der Waals surface area (Å²) in [6.07, 6.45) is 6.51. The van der Waals surface area contributed by atoms with Crippen molar-refractivity contribution < 1.29 is 9.90 Å². The Hall–Kier alpha value is -0.610. The van der Waals surface area contributed by atoms with Crippen LogP contribution in [0.5, 0.6) is 0 Å². The Balaban J connectivity index is 1.83. The smallest absolute Gasteiger partial charge is 0.224 e. The summed E-state index contributed by atoms with van der Waals surface area (Å²) in [4.78, 5) is 12.1. The molecule has 17 heavy (non-hydrogen) atoms. The van der Waals surface area contributed by atoms with Gasteiger partial charge in [0.15, 0.2) is 0 Å². The van der Waals surface area contributed by atoms with Crippen LogP contribution in [-0.4, -0.2) is 36.8 Å². The molecule has 0 aromatic carbocycles. The minimum Gasteiger partial charge on any atom is -0.396 e. The minimum atomic E-state index is 0.130. The van der Waals surface area contributed by atoms with Gasteiger partial charge in [0.05, 0.1) is 5.92 Å². The molecule has 0 aromatic heterocycles. The van der Waals surface area contributed by atoms with Crippen LogP contribution in [-0.2, 0) is 4.79 Å². The summed E-state index contributed by atoms with van der Waals surface area (Å²) in [6.45, 7) is 2.04. The Labute approximate surface area is 103 Å². The summed E-state index contributed by atoms with van der Waals surface area (Å²) in [5, 5.41) is 15.7. The van der Waals surface area contributed by atoms with Gasteiger partial charge in [0.1, 0.15) is 0 Å². The molecule has 1 aliphatic heterocycles. The number of hydrogen-bond acceptors (Lipinski definition) is 3. The summed E-state index contributed by atoms with van der Waals surface area (Å²) in [5.41, 5.74) is 0. The molecular formula is C13H24N2O2. The van der Waals surface area contributed by atoms with Gasteiger partial charge < -0.3 is 15.7 Å². The van der Waals surface area contributed by atoms with E-state index in [4.69, 9.17) is 0 Å². The van der Waals surface area contributed by atoms with Crippen LogP contribution in [0.1, 0.15) is 38.5 Å². The second-order valence-corrected chi connectivity index (χ2v) is 5.39. The standard InChI is InChI=1S/C13H24N2O2/c16-9-11-4-1-2-6-12(11)15-13(17)10-5-3-7-14-8-10/h10-12,14,16H,1-9H2,(H,15,17)/t10-,11?,12?/m0/s1. The molecule has 98 valence electrons. The number of rotatable bonds is 3. The molecule has 3 N–H and O–H groups in total. The van der Waals surface area contributed by atoms with E-state index < -0.39 is 0 Å². The Bertz CT molecular complexity index is 252.